The number of hydrogen-bond donors (Lipinski definition) is 1. The summed E-state index contributed by atoms with van der Waals surface area (Å²) < 4.78 is 25.1. The highest BCUT2D eigenvalue weighted by Crippen LogP contribution is 2.37. The van der Waals surface area contributed by atoms with Crippen LogP contribution < -0.4 is 14.8 Å². The summed E-state index contributed by atoms with van der Waals surface area (Å²) in [5.41, 5.74) is 2.72. The van der Waals surface area contributed by atoms with Crippen molar-refractivity contribution in [2.24, 2.45) is 0 Å². The normalized spacial score (nSPS) is 12.5. The summed E-state index contributed by atoms with van der Waals surface area (Å²) in [7, 11) is 0. The van der Waals surface area contributed by atoms with Gasteiger partial charge in [0.2, 0.25) is 6.79 Å². The molecule has 1 aliphatic heterocycles. The lowest BCUT2D eigenvalue weighted by molar-refractivity contribution is 0.174. The van der Waals surface area contributed by atoms with Gasteiger partial charge in [-0.2, -0.15) is 0 Å². The van der Waals surface area contributed by atoms with Gasteiger partial charge in [-0.25, -0.2) is 14.4 Å². The fraction of sp³-hybridized carbons (Fsp3) is 0.100. The number of aromatic nitrogens is 2. The number of benzene rings is 2. The Labute approximate surface area is 168 Å². The quantitative estimate of drug-likeness (QED) is 0.479. The van der Waals surface area contributed by atoms with E-state index in [9.17, 15) is 4.39 Å². The first kappa shape index (κ1) is 17.2. The van der Waals surface area contributed by atoms with Crippen LogP contribution in [0.15, 0.2) is 48.8 Å². The van der Waals surface area contributed by atoms with Crippen molar-refractivity contribution < 1.29 is 13.9 Å². The highest BCUT2D eigenvalue weighted by atomic mass is 35.5. The molecule has 5 rings (SSSR count). The van der Waals surface area contributed by atoms with E-state index in [0.29, 0.717) is 6.54 Å². The number of thiophene rings is 1. The third-order valence-corrected chi connectivity index (χ3v) is 5.88. The van der Waals surface area contributed by atoms with Gasteiger partial charge in [0.1, 0.15) is 18.0 Å². The molecule has 2 aromatic heterocycles. The van der Waals surface area contributed by atoms with Crippen molar-refractivity contribution >= 4 is 39.0 Å². The number of anilines is 1. The molecule has 140 valence electrons. The van der Waals surface area contributed by atoms with Crippen LogP contribution in [-0.2, 0) is 6.54 Å². The van der Waals surface area contributed by atoms with Gasteiger partial charge in [0, 0.05) is 11.4 Å². The number of hydrogen-bond acceptors (Lipinski definition) is 6. The summed E-state index contributed by atoms with van der Waals surface area (Å²) >= 11 is 7.46. The standard InChI is InChI=1S/C20H13ClFN3O2S/c21-13-6-12(2-3-14(13)22)18-7-15-19(28-18)20(25-9-24-15)23-8-11-1-4-16-17(5-11)27-10-26-16/h1-7,9H,8,10H2,(H,23,24,25). The fourth-order valence-corrected chi connectivity index (χ4v) is 4.26. The van der Waals surface area contributed by atoms with Crippen LogP contribution in [0.25, 0.3) is 20.7 Å². The lowest BCUT2D eigenvalue weighted by atomic mass is 10.2. The second-order valence-electron chi connectivity index (χ2n) is 6.22. The summed E-state index contributed by atoms with van der Waals surface area (Å²) in [6.45, 7) is 0.836. The monoisotopic (exact) mass is 413 g/mol. The molecule has 0 unspecified atom stereocenters. The SMILES string of the molecule is Fc1ccc(-c2cc3ncnc(NCc4ccc5c(c4)OCO5)c3s2)cc1Cl. The molecule has 0 radical (unpaired) electrons. The van der Waals surface area contributed by atoms with Gasteiger partial charge in [-0.1, -0.05) is 23.7 Å². The average Bonchev–Trinajstić information content (AvgIpc) is 3.34. The molecule has 0 fully saturated rings. The third kappa shape index (κ3) is 3.12. The van der Waals surface area contributed by atoms with Crippen molar-refractivity contribution in [1.82, 2.24) is 9.97 Å². The zero-order valence-corrected chi connectivity index (χ0v) is 16.0. The Morgan fingerprint density at radius 2 is 1.96 bits per heavy atom. The maximum Gasteiger partial charge on any atom is 0.231 e. The van der Waals surface area contributed by atoms with Gasteiger partial charge in [-0.05, 0) is 41.5 Å². The van der Waals surface area contributed by atoms with E-state index in [-0.39, 0.29) is 11.8 Å². The Bertz CT molecular complexity index is 1200. The topological polar surface area (TPSA) is 56.3 Å². The molecule has 2 aromatic carbocycles. The van der Waals surface area contributed by atoms with Crippen molar-refractivity contribution in [2.75, 3.05) is 12.1 Å². The van der Waals surface area contributed by atoms with E-state index in [1.807, 2.05) is 24.3 Å². The largest absolute Gasteiger partial charge is 0.454 e. The number of ether oxygens (including phenoxy) is 2. The third-order valence-electron chi connectivity index (χ3n) is 4.41. The summed E-state index contributed by atoms with van der Waals surface area (Å²) in [4.78, 5) is 9.67. The van der Waals surface area contributed by atoms with Gasteiger partial charge in [0.05, 0.1) is 15.2 Å². The first-order valence-corrected chi connectivity index (χ1v) is 9.69. The summed E-state index contributed by atoms with van der Waals surface area (Å²) in [5.74, 6) is 1.82. The smallest absolute Gasteiger partial charge is 0.231 e. The number of halogens is 2. The minimum absolute atomic E-state index is 0.0993. The van der Waals surface area contributed by atoms with Crippen LogP contribution in [0.4, 0.5) is 10.2 Å². The molecule has 8 heteroatoms. The molecule has 0 bridgehead atoms. The first-order chi connectivity index (χ1) is 13.7. The van der Waals surface area contributed by atoms with E-state index in [1.54, 1.807) is 12.1 Å². The van der Waals surface area contributed by atoms with Gasteiger partial charge in [-0.15, -0.1) is 11.3 Å². The van der Waals surface area contributed by atoms with Crippen LogP contribution in [0.3, 0.4) is 0 Å². The van der Waals surface area contributed by atoms with Crippen LogP contribution in [0, 0.1) is 5.82 Å². The minimum atomic E-state index is -0.433. The Morgan fingerprint density at radius 1 is 1.07 bits per heavy atom. The number of nitrogens with one attached hydrogen (secondary N) is 1. The van der Waals surface area contributed by atoms with E-state index in [2.05, 4.69) is 15.3 Å². The number of fused-ring (bicyclic) bond motifs is 2. The van der Waals surface area contributed by atoms with Gasteiger partial charge < -0.3 is 14.8 Å². The van der Waals surface area contributed by atoms with Crippen LogP contribution in [-0.4, -0.2) is 16.8 Å². The van der Waals surface area contributed by atoms with E-state index in [4.69, 9.17) is 21.1 Å². The molecule has 1 aliphatic rings. The Kier molecular flexibility index (Phi) is 4.26. The summed E-state index contributed by atoms with van der Waals surface area (Å²) in [6, 6.07) is 12.5. The molecule has 1 N–H and O–H groups in total. The van der Waals surface area contributed by atoms with Crippen molar-refractivity contribution in [3.8, 4) is 21.9 Å². The highest BCUT2D eigenvalue weighted by molar-refractivity contribution is 7.22. The molecule has 4 aromatic rings. The summed E-state index contributed by atoms with van der Waals surface area (Å²) in [6.07, 6.45) is 1.53. The molecule has 0 atom stereocenters. The Balaban J connectivity index is 1.43. The zero-order valence-electron chi connectivity index (χ0n) is 14.4. The van der Waals surface area contributed by atoms with E-state index in [1.165, 1.54) is 23.7 Å². The van der Waals surface area contributed by atoms with Crippen LogP contribution in [0.2, 0.25) is 5.02 Å². The molecule has 0 spiro atoms. The van der Waals surface area contributed by atoms with Crippen molar-refractivity contribution in [2.45, 2.75) is 6.54 Å². The zero-order chi connectivity index (χ0) is 19.1. The van der Waals surface area contributed by atoms with Gasteiger partial charge in [0.25, 0.3) is 0 Å². The molecule has 0 amide bonds. The second kappa shape index (κ2) is 6.92. The van der Waals surface area contributed by atoms with Crippen LogP contribution in [0.1, 0.15) is 5.56 Å². The van der Waals surface area contributed by atoms with Gasteiger partial charge >= 0.3 is 0 Å². The lowest BCUT2D eigenvalue weighted by Crippen LogP contribution is -2.01. The maximum atomic E-state index is 13.4. The molecule has 0 saturated carbocycles. The predicted molar refractivity (Wildman–Crippen MR) is 108 cm³/mol. The highest BCUT2D eigenvalue weighted by Gasteiger charge is 2.14. The second-order valence-corrected chi connectivity index (χ2v) is 7.68. The molecule has 28 heavy (non-hydrogen) atoms. The molecule has 0 aliphatic carbocycles. The van der Waals surface area contributed by atoms with Crippen molar-refractivity contribution in [3.05, 3.63) is 65.2 Å². The first-order valence-electron chi connectivity index (χ1n) is 8.50. The Morgan fingerprint density at radius 3 is 2.86 bits per heavy atom. The summed E-state index contributed by atoms with van der Waals surface area (Å²) in [5, 5.41) is 3.46. The van der Waals surface area contributed by atoms with E-state index < -0.39 is 5.82 Å². The fourth-order valence-electron chi connectivity index (χ4n) is 3.01. The van der Waals surface area contributed by atoms with Crippen molar-refractivity contribution in [1.29, 1.82) is 0 Å². The molecule has 0 saturated heterocycles. The van der Waals surface area contributed by atoms with E-state index >= 15 is 0 Å². The van der Waals surface area contributed by atoms with Crippen LogP contribution >= 0.6 is 22.9 Å². The maximum absolute atomic E-state index is 13.4. The molecule has 5 nitrogen and oxygen atoms in total. The average molecular weight is 414 g/mol. The molecular weight excluding hydrogens is 401 g/mol. The lowest BCUT2D eigenvalue weighted by Gasteiger charge is -2.07. The molecule has 3 heterocycles. The molecular formula is C20H13ClFN3O2S. The number of rotatable bonds is 4. The van der Waals surface area contributed by atoms with E-state index in [0.717, 1.165) is 43.5 Å². The van der Waals surface area contributed by atoms with Gasteiger partial charge in [-0.3, -0.25) is 0 Å². The number of nitrogens with zero attached hydrogens (tertiary/aromatic N) is 2. The minimum Gasteiger partial charge on any atom is -0.454 e. The Hall–Kier alpha value is -2.90. The van der Waals surface area contributed by atoms with Crippen molar-refractivity contribution in [3.63, 3.8) is 0 Å². The van der Waals surface area contributed by atoms with Gasteiger partial charge in [0.15, 0.2) is 11.5 Å². The van der Waals surface area contributed by atoms with Crippen LogP contribution in [0.5, 0.6) is 11.5 Å². The predicted octanol–water partition coefficient (Wildman–Crippen LogP) is 5.49.